The van der Waals surface area contributed by atoms with E-state index in [0.717, 1.165) is 11.3 Å². The third-order valence-corrected chi connectivity index (χ3v) is 6.76. The zero-order valence-electron chi connectivity index (χ0n) is 18.6. The van der Waals surface area contributed by atoms with E-state index in [0.29, 0.717) is 41.7 Å². The Morgan fingerprint density at radius 2 is 1.97 bits per heavy atom. The first-order valence-corrected chi connectivity index (χ1v) is 11.6. The van der Waals surface area contributed by atoms with Crippen LogP contribution >= 0.6 is 11.3 Å². The van der Waals surface area contributed by atoms with Crippen molar-refractivity contribution in [2.45, 2.75) is 20.3 Å². The highest BCUT2D eigenvalue weighted by Gasteiger charge is 2.34. The number of fused-ring (bicyclic) bond motifs is 1. The zero-order chi connectivity index (χ0) is 24.0. The third-order valence-electron chi connectivity index (χ3n) is 5.99. The number of anilines is 1. The first-order chi connectivity index (χ1) is 16.3. The molecule has 9 nitrogen and oxygen atoms in total. The molecular formula is C24H21N5O4S. The molecule has 5 rings (SSSR count). The number of aromatic carboxylic acids is 1. The molecule has 0 unspecified atom stereocenters. The highest BCUT2D eigenvalue weighted by atomic mass is 32.1. The minimum absolute atomic E-state index is 0.115. The van der Waals surface area contributed by atoms with Crippen molar-refractivity contribution >= 4 is 39.9 Å². The van der Waals surface area contributed by atoms with Crippen LogP contribution in [0.4, 0.5) is 5.82 Å². The quantitative estimate of drug-likeness (QED) is 0.452. The predicted molar refractivity (Wildman–Crippen MR) is 128 cm³/mol. The second kappa shape index (κ2) is 8.45. The number of aryl methyl sites for hydroxylation is 2. The largest absolute Gasteiger partial charge is 0.477 e. The molecule has 10 heteroatoms. The highest BCUT2D eigenvalue weighted by molar-refractivity contribution is 7.12. The number of thiazole rings is 1. The van der Waals surface area contributed by atoms with E-state index < -0.39 is 11.4 Å². The summed E-state index contributed by atoms with van der Waals surface area (Å²) in [6, 6.07) is 5.59. The number of carboxylic acid groups (broad SMARTS) is 1. The Hall–Kier alpha value is -3.92. The minimum atomic E-state index is -1.30. The summed E-state index contributed by atoms with van der Waals surface area (Å²) < 4.78 is 1.55. The van der Waals surface area contributed by atoms with Crippen molar-refractivity contribution in [1.29, 1.82) is 0 Å². The molecule has 0 bridgehead atoms. The summed E-state index contributed by atoms with van der Waals surface area (Å²) in [7, 11) is 0. The standard InChI is InChI=1S/C24H21N5O4S/c1-13-3-4-25-16(7-13)9-18(30)15-10-28(11-15)19-8-14(2)20-21(31)17(23(32)33)12-29(22(20)27-19)24-26-5-6-34-24/h3-8,12,15H,9-11H2,1-2H3,(H,32,33). The van der Waals surface area contributed by atoms with E-state index in [9.17, 15) is 19.5 Å². The number of rotatable bonds is 6. The molecule has 0 saturated carbocycles. The molecule has 0 amide bonds. The maximum Gasteiger partial charge on any atom is 0.341 e. The van der Waals surface area contributed by atoms with Gasteiger partial charge in [0.05, 0.1) is 11.3 Å². The van der Waals surface area contributed by atoms with E-state index in [1.165, 1.54) is 17.5 Å². The number of hydrogen-bond acceptors (Lipinski definition) is 8. The lowest BCUT2D eigenvalue weighted by atomic mass is 9.92. The van der Waals surface area contributed by atoms with Crippen LogP contribution in [0.15, 0.2) is 47.0 Å². The summed E-state index contributed by atoms with van der Waals surface area (Å²) in [5.41, 5.74) is 1.90. The lowest BCUT2D eigenvalue weighted by Gasteiger charge is -2.39. The Morgan fingerprint density at radius 1 is 1.18 bits per heavy atom. The smallest absolute Gasteiger partial charge is 0.341 e. The Kier molecular flexibility index (Phi) is 5.45. The molecule has 1 aliphatic heterocycles. The van der Waals surface area contributed by atoms with Gasteiger partial charge in [0.15, 0.2) is 10.8 Å². The van der Waals surface area contributed by atoms with Crippen LogP contribution in [0, 0.1) is 19.8 Å². The predicted octanol–water partition coefficient (Wildman–Crippen LogP) is 2.80. The number of carbonyl (C=O) groups is 2. The van der Waals surface area contributed by atoms with Crippen LogP contribution in [0.25, 0.3) is 16.2 Å². The topological polar surface area (TPSA) is 118 Å². The summed E-state index contributed by atoms with van der Waals surface area (Å²) in [5, 5.41) is 12.1. The van der Waals surface area contributed by atoms with E-state index in [1.54, 1.807) is 35.3 Å². The van der Waals surface area contributed by atoms with Gasteiger partial charge in [0.1, 0.15) is 17.2 Å². The third kappa shape index (κ3) is 3.86. The van der Waals surface area contributed by atoms with Crippen molar-refractivity contribution in [3.8, 4) is 5.13 Å². The van der Waals surface area contributed by atoms with Gasteiger partial charge in [-0.2, -0.15) is 0 Å². The van der Waals surface area contributed by atoms with Gasteiger partial charge in [-0.1, -0.05) is 0 Å². The van der Waals surface area contributed by atoms with E-state index in [2.05, 4.69) is 9.97 Å². The number of carboxylic acids is 1. The van der Waals surface area contributed by atoms with Crippen LogP contribution < -0.4 is 10.3 Å². The van der Waals surface area contributed by atoms with Crippen LogP contribution in [-0.4, -0.2) is 49.5 Å². The number of Topliss-reactive ketones (excluding diaryl/α,β-unsaturated/α-hetero) is 1. The fraction of sp³-hybridized carbons (Fsp3) is 0.250. The Morgan fingerprint density at radius 3 is 2.65 bits per heavy atom. The van der Waals surface area contributed by atoms with Crippen molar-refractivity contribution in [2.24, 2.45) is 5.92 Å². The molecule has 0 atom stereocenters. The second-order valence-electron chi connectivity index (χ2n) is 8.43. The molecule has 4 aromatic rings. The molecule has 0 radical (unpaired) electrons. The van der Waals surface area contributed by atoms with Crippen LogP contribution in [0.3, 0.4) is 0 Å². The zero-order valence-corrected chi connectivity index (χ0v) is 19.4. The minimum Gasteiger partial charge on any atom is -0.477 e. The van der Waals surface area contributed by atoms with Gasteiger partial charge in [-0.3, -0.25) is 19.1 Å². The molecule has 0 aromatic carbocycles. The van der Waals surface area contributed by atoms with Crippen LogP contribution in [0.2, 0.25) is 0 Å². The lowest BCUT2D eigenvalue weighted by Crippen LogP contribution is -2.51. The fourth-order valence-corrected chi connectivity index (χ4v) is 4.78. The number of carbonyl (C=O) groups excluding carboxylic acids is 1. The summed E-state index contributed by atoms with van der Waals surface area (Å²) >= 11 is 1.32. The van der Waals surface area contributed by atoms with Crippen molar-refractivity contribution < 1.29 is 14.7 Å². The maximum absolute atomic E-state index is 12.9. The average molecular weight is 476 g/mol. The van der Waals surface area contributed by atoms with Gasteiger partial charge >= 0.3 is 5.97 Å². The first kappa shape index (κ1) is 21.9. The summed E-state index contributed by atoms with van der Waals surface area (Å²) in [6.07, 6.45) is 4.89. The van der Waals surface area contributed by atoms with Crippen molar-refractivity contribution in [3.05, 3.63) is 74.8 Å². The normalized spacial score (nSPS) is 13.8. The van der Waals surface area contributed by atoms with Crippen LogP contribution in [0.5, 0.6) is 0 Å². The van der Waals surface area contributed by atoms with Gasteiger partial charge in [0.25, 0.3) is 0 Å². The van der Waals surface area contributed by atoms with E-state index >= 15 is 0 Å². The molecule has 1 N–H and O–H groups in total. The molecule has 5 heterocycles. The summed E-state index contributed by atoms with van der Waals surface area (Å²) in [4.78, 5) is 52.5. The average Bonchev–Trinajstić information content (AvgIpc) is 3.27. The molecule has 172 valence electrons. The highest BCUT2D eigenvalue weighted by Crippen LogP contribution is 2.29. The van der Waals surface area contributed by atoms with E-state index in [1.807, 2.05) is 24.0 Å². The molecule has 1 saturated heterocycles. The fourth-order valence-electron chi connectivity index (χ4n) is 4.16. The second-order valence-corrected chi connectivity index (χ2v) is 9.30. The number of ketones is 1. The van der Waals surface area contributed by atoms with Gasteiger partial charge < -0.3 is 10.0 Å². The van der Waals surface area contributed by atoms with Crippen LogP contribution in [0.1, 0.15) is 27.2 Å². The molecule has 0 spiro atoms. The van der Waals surface area contributed by atoms with Gasteiger partial charge in [-0.25, -0.2) is 14.8 Å². The maximum atomic E-state index is 12.9. The Bertz CT molecular complexity index is 1490. The molecule has 0 aliphatic carbocycles. The number of aromatic nitrogens is 4. The first-order valence-electron chi connectivity index (χ1n) is 10.7. The van der Waals surface area contributed by atoms with Crippen molar-refractivity contribution in [3.63, 3.8) is 0 Å². The molecular weight excluding hydrogens is 454 g/mol. The molecule has 34 heavy (non-hydrogen) atoms. The molecule has 1 aliphatic rings. The van der Waals surface area contributed by atoms with Gasteiger partial charge in [-0.05, 0) is 43.2 Å². The van der Waals surface area contributed by atoms with Crippen molar-refractivity contribution in [1.82, 2.24) is 19.5 Å². The number of pyridine rings is 3. The molecule has 1 fully saturated rings. The summed E-state index contributed by atoms with van der Waals surface area (Å²) in [5.74, 6) is -0.642. The van der Waals surface area contributed by atoms with E-state index in [-0.39, 0.29) is 22.7 Å². The number of hydrogen-bond donors (Lipinski definition) is 1. The summed E-state index contributed by atoms with van der Waals surface area (Å²) in [6.45, 7) is 4.78. The van der Waals surface area contributed by atoms with Gasteiger partial charge in [-0.15, -0.1) is 11.3 Å². The Balaban J connectivity index is 1.46. The van der Waals surface area contributed by atoms with Crippen LogP contribution in [-0.2, 0) is 11.2 Å². The van der Waals surface area contributed by atoms with E-state index in [4.69, 9.17) is 4.98 Å². The van der Waals surface area contributed by atoms with Gasteiger partial charge in [0.2, 0.25) is 5.43 Å². The lowest BCUT2D eigenvalue weighted by molar-refractivity contribution is -0.123. The van der Waals surface area contributed by atoms with Crippen molar-refractivity contribution in [2.75, 3.05) is 18.0 Å². The van der Waals surface area contributed by atoms with Gasteiger partial charge in [0, 0.05) is 49.2 Å². The molecule has 4 aromatic heterocycles. The SMILES string of the molecule is Cc1ccnc(CC(=O)C2CN(c3cc(C)c4c(=O)c(C(=O)O)cn(-c5nccs5)c4n3)C2)c1. The number of nitrogens with zero attached hydrogens (tertiary/aromatic N) is 5. The monoisotopic (exact) mass is 475 g/mol. The Labute approximate surface area is 198 Å².